The van der Waals surface area contributed by atoms with Crippen molar-refractivity contribution in [1.82, 2.24) is 10.9 Å². The zero-order chi connectivity index (χ0) is 5.70. The molecular weight excluding hydrogens is 100 g/mol. The Morgan fingerprint density at radius 1 is 1.71 bits per heavy atom. The molecule has 0 fully saturated rings. The van der Waals surface area contributed by atoms with E-state index in [0.717, 1.165) is 0 Å². The summed E-state index contributed by atoms with van der Waals surface area (Å²) in [6, 6.07) is 0. The van der Waals surface area contributed by atoms with Crippen LogP contribution in [0.2, 0.25) is 0 Å². The van der Waals surface area contributed by atoms with Crippen molar-refractivity contribution in [2.45, 2.75) is 0 Å². The number of rotatable bonds is 2. The molecule has 0 aromatic carbocycles. The molecule has 3 N–H and O–H groups in total. The van der Waals surface area contributed by atoms with Crippen LogP contribution in [0.1, 0.15) is 0 Å². The first kappa shape index (κ1) is 5.74. The molecule has 0 rings (SSSR count). The number of carbonyl (C=O) groups is 2. The van der Waals surface area contributed by atoms with Crippen LogP contribution in [0.3, 0.4) is 0 Å². The topological polar surface area (TPSA) is 78.4 Å². The van der Waals surface area contributed by atoms with Crippen LogP contribution in [-0.4, -0.2) is 17.6 Å². The van der Waals surface area contributed by atoms with Gasteiger partial charge in [-0.05, 0) is 0 Å². The third-order valence-corrected chi connectivity index (χ3v) is 0.238. The van der Waals surface area contributed by atoms with Crippen LogP contribution in [0.15, 0.2) is 0 Å². The van der Waals surface area contributed by atoms with E-state index in [1.54, 1.807) is 10.9 Å². The number of hydrazine groups is 1. The second-order valence-electron chi connectivity index (χ2n) is 0.692. The van der Waals surface area contributed by atoms with Gasteiger partial charge in [-0.1, -0.05) is 0 Å². The smallest absolute Gasteiger partial charge is 0.423 e. The predicted octanol–water partition coefficient (Wildman–Crippen LogP) is -1.09. The summed E-state index contributed by atoms with van der Waals surface area (Å²) in [6.07, 6.45) is -1.05. The minimum absolute atomic E-state index is 0.230. The molecule has 0 saturated heterocycles. The highest BCUT2D eigenvalue weighted by Crippen LogP contribution is 1.47. The molecule has 0 aliphatic heterocycles. The largest absolute Gasteiger partial charge is 0.464 e. The Morgan fingerprint density at radius 3 is 2.43 bits per heavy atom. The van der Waals surface area contributed by atoms with Gasteiger partial charge in [0, 0.05) is 0 Å². The van der Waals surface area contributed by atoms with E-state index in [0.29, 0.717) is 0 Å². The molecule has 0 aromatic rings. The molecule has 7 heavy (non-hydrogen) atoms. The average Bonchev–Trinajstić information content (AvgIpc) is 1.61. The van der Waals surface area contributed by atoms with Crippen molar-refractivity contribution >= 4 is 12.5 Å². The van der Waals surface area contributed by atoms with Gasteiger partial charge in [0.15, 0.2) is 0 Å². The molecular formula is C2H4N2O3. The third-order valence-electron chi connectivity index (χ3n) is 0.238. The lowest BCUT2D eigenvalue weighted by molar-refractivity contribution is -0.110. The Hall–Kier alpha value is -1.26. The van der Waals surface area contributed by atoms with E-state index in [1.807, 2.05) is 0 Å². The van der Waals surface area contributed by atoms with Crippen molar-refractivity contribution in [3.8, 4) is 0 Å². The van der Waals surface area contributed by atoms with Gasteiger partial charge in [0.2, 0.25) is 6.41 Å². The molecule has 0 aromatic heterocycles. The Morgan fingerprint density at radius 2 is 2.29 bits per heavy atom. The van der Waals surface area contributed by atoms with E-state index >= 15 is 0 Å². The van der Waals surface area contributed by atoms with Crippen LogP contribution in [0.4, 0.5) is 4.79 Å². The first-order valence-electron chi connectivity index (χ1n) is 1.45. The Labute approximate surface area is 39.3 Å². The molecule has 2 amide bonds. The first-order valence-corrected chi connectivity index (χ1v) is 1.45. The number of amides is 2. The van der Waals surface area contributed by atoms with Crippen LogP contribution in [0, 0.1) is 0 Å². The van der Waals surface area contributed by atoms with Crippen molar-refractivity contribution in [3.05, 3.63) is 0 Å². The summed E-state index contributed by atoms with van der Waals surface area (Å²) in [4.78, 5) is 18.7. The third kappa shape index (κ3) is 4.74. The molecule has 0 bridgehead atoms. The molecule has 0 saturated carbocycles. The van der Waals surface area contributed by atoms with Crippen molar-refractivity contribution in [3.63, 3.8) is 0 Å². The summed E-state index contributed by atoms with van der Waals surface area (Å²) in [6.45, 7) is 0. The Balaban J connectivity index is 2.97. The molecule has 0 aliphatic rings. The van der Waals surface area contributed by atoms with E-state index in [4.69, 9.17) is 5.11 Å². The Kier molecular flexibility index (Phi) is 2.42. The van der Waals surface area contributed by atoms with Crippen molar-refractivity contribution in [2.24, 2.45) is 0 Å². The SMILES string of the molecule is O=CNNC(=O)O. The van der Waals surface area contributed by atoms with Crippen molar-refractivity contribution < 1.29 is 14.7 Å². The minimum Gasteiger partial charge on any atom is -0.464 e. The molecule has 5 nitrogen and oxygen atoms in total. The normalized spacial score (nSPS) is 6.86. The lowest BCUT2D eigenvalue weighted by Crippen LogP contribution is -2.34. The fourth-order valence-corrected chi connectivity index (χ4v) is 0.0912. The highest BCUT2D eigenvalue weighted by atomic mass is 16.4. The van der Waals surface area contributed by atoms with Gasteiger partial charge >= 0.3 is 6.09 Å². The monoisotopic (exact) mass is 104 g/mol. The van der Waals surface area contributed by atoms with Gasteiger partial charge in [0.25, 0.3) is 0 Å². The molecule has 0 aliphatic carbocycles. The second-order valence-corrected chi connectivity index (χ2v) is 0.692. The van der Waals surface area contributed by atoms with Crippen LogP contribution in [0.25, 0.3) is 0 Å². The summed E-state index contributed by atoms with van der Waals surface area (Å²) in [7, 11) is 0. The maximum atomic E-state index is 9.43. The van der Waals surface area contributed by atoms with Gasteiger partial charge < -0.3 is 5.11 Å². The summed E-state index contributed by atoms with van der Waals surface area (Å²) in [5.74, 6) is 0. The summed E-state index contributed by atoms with van der Waals surface area (Å²) in [5.41, 5.74) is 3.31. The number of hydrogen-bond acceptors (Lipinski definition) is 2. The van der Waals surface area contributed by atoms with E-state index < -0.39 is 6.09 Å². The van der Waals surface area contributed by atoms with Gasteiger partial charge in [-0.2, -0.15) is 0 Å². The predicted molar refractivity (Wildman–Crippen MR) is 20.4 cm³/mol. The highest BCUT2D eigenvalue weighted by molar-refractivity contribution is 5.66. The molecule has 0 heterocycles. The van der Waals surface area contributed by atoms with Crippen LogP contribution in [-0.2, 0) is 4.79 Å². The fraction of sp³-hybridized carbons (Fsp3) is 0. The molecule has 0 radical (unpaired) electrons. The van der Waals surface area contributed by atoms with Gasteiger partial charge in [-0.15, -0.1) is 0 Å². The molecule has 0 spiro atoms. The van der Waals surface area contributed by atoms with Crippen LogP contribution in [0.5, 0.6) is 0 Å². The van der Waals surface area contributed by atoms with Gasteiger partial charge in [0.1, 0.15) is 0 Å². The molecule has 40 valence electrons. The minimum atomic E-state index is -1.29. The van der Waals surface area contributed by atoms with E-state index in [9.17, 15) is 9.59 Å². The number of carboxylic acid groups (broad SMARTS) is 1. The maximum absolute atomic E-state index is 9.43. The summed E-state index contributed by atoms with van der Waals surface area (Å²) >= 11 is 0. The first-order chi connectivity index (χ1) is 3.27. The van der Waals surface area contributed by atoms with Gasteiger partial charge in [-0.3, -0.25) is 10.2 Å². The van der Waals surface area contributed by atoms with Crippen molar-refractivity contribution in [2.75, 3.05) is 0 Å². The summed E-state index contributed by atoms with van der Waals surface area (Å²) in [5, 5.41) is 7.71. The highest BCUT2D eigenvalue weighted by Gasteiger charge is 1.84. The standard InChI is InChI=1S/C2H4N2O3/c5-1-3-4-2(6)7/h1,4H,(H,3,5)(H,6,7). The zero-order valence-corrected chi connectivity index (χ0v) is 3.34. The maximum Gasteiger partial charge on any atom is 0.423 e. The van der Waals surface area contributed by atoms with Crippen LogP contribution < -0.4 is 10.9 Å². The number of nitrogens with one attached hydrogen (secondary N) is 2. The zero-order valence-electron chi connectivity index (χ0n) is 3.34. The lowest BCUT2D eigenvalue weighted by atomic mass is 11.2. The quantitative estimate of drug-likeness (QED) is 0.308. The average molecular weight is 104 g/mol. The molecule has 0 atom stereocenters. The van der Waals surface area contributed by atoms with Gasteiger partial charge in [0.05, 0.1) is 0 Å². The second kappa shape index (κ2) is 2.95. The molecule has 0 unspecified atom stereocenters. The Bertz CT molecular complexity index is 81.0. The van der Waals surface area contributed by atoms with E-state index in [-0.39, 0.29) is 6.41 Å². The lowest BCUT2D eigenvalue weighted by Gasteiger charge is -1.90. The molecule has 5 heteroatoms. The number of hydrogen-bond donors (Lipinski definition) is 3. The van der Waals surface area contributed by atoms with Gasteiger partial charge in [-0.25, -0.2) is 10.2 Å². The van der Waals surface area contributed by atoms with E-state index in [1.165, 1.54) is 0 Å². The van der Waals surface area contributed by atoms with Crippen LogP contribution >= 0.6 is 0 Å². The number of carbonyl (C=O) groups excluding carboxylic acids is 1. The summed E-state index contributed by atoms with van der Waals surface area (Å²) < 4.78 is 0. The van der Waals surface area contributed by atoms with E-state index in [2.05, 4.69) is 0 Å². The fourth-order valence-electron chi connectivity index (χ4n) is 0.0912. The van der Waals surface area contributed by atoms with Crippen molar-refractivity contribution in [1.29, 1.82) is 0 Å².